The van der Waals surface area contributed by atoms with Gasteiger partial charge in [0, 0.05) is 5.02 Å². The fourth-order valence-electron chi connectivity index (χ4n) is 1.54. The monoisotopic (exact) mass is 312 g/mol. The summed E-state index contributed by atoms with van der Waals surface area (Å²) in [4.78, 5) is 11.7. The molecular formula is C13H10Cl2N2O3. The molecule has 0 bridgehead atoms. The van der Waals surface area contributed by atoms with Crippen molar-refractivity contribution in [3.8, 4) is 5.75 Å². The van der Waals surface area contributed by atoms with Crippen LogP contribution in [0.4, 0.5) is 0 Å². The van der Waals surface area contributed by atoms with Gasteiger partial charge in [-0.3, -0.25) is 4.79 Å². The molecular weight excluding hydrogens is 303 g/mol. The third-order valence-corrected chi connectivity index (χ3v) is 3.07. The predicted octanol–water partition coefficient (Wildman–Crippen LogP) is 3.36. The first-order valence-corrected chi connectivity index (χ1v) is 6.30. The van der Waals surface area contributed by atoms with Gasteiger partial charge in [0.2, 0.25) is 0 Å². The summed E-state index contributed by atoms with van der Waals surface area (Å²) in [5.41, 5.74) is 2.96. The van der Waals surface area contributed by atoms with Gasteiger partial charge < -0.3 is 9.52 Å². The number of halogens is 2. The van der Waals surface area contributed by atoms with E-state index in [-0.39, 0.29) is 16.3 Å². The van der Waals surface area contributed by atoms with Crippen molar-refractivity contribution in [3.05, 3.63) is 51.4 Å². The lowest BCUT2D eigenvalue weighted by molar-refractivity contribution is 0.0953. The topological polar surface area (TPSA) is 74.8 Å². The molecule has 0 fully saturated rings. The Hall–Kier alpha value is -1.98. The Morgan fingerprint density at radius 1 is 1.45 bits per heavy atom. The largest absolute Gasteiger partial charge is 0.507 e. The smallest absolute Gasteiger partial charge is 0.274 e. The molecule has 0 saturated heterocycles. The molecule has 2 aromatic rings. The standard InChI is InChI=1S/C13H10Cl2N2O3/c1-7-9(2-3-20-7)13(19)17-16-6-10-11(15)4-8(14)5-12(10)18/h2-6,18H,1H3,(H,17,19)/b16-6-. The Balaban J connectivity index is 2.12. The van der Waals surface area contributed by atoms with Crippen molar-refractivity contribution >= 4 is 35.3 Å². The maximum absolute atomic E-state index is 11.7. The van der Waals surface area contributed by atoms with Crippen molar-refractivity contribution in [2.45, 2.75) is 6.92 Å². The quantitative estimate of drug-likeness (QED) is 0.674. The molecule has 0 aliphatic carbocycles. The summed E-state index contributed by atoms with van der Waals surface area (Å²) in [5, 5.41) is 14.0. The number of aryl methyl sites for hydroxylation is 1. The van der Waals surface area contributed by atoms with Gasteiger partial charge in [-0.05, 0) is 25.1 Å². The van der Waals surface area contributed by atoms with Crippen molar-refractivity contribution in [1.82, 2.24) is 5.43 Å². The molecule has 2 N–H and O–H groups in total. The lowest BCUT2D eigenvalue weighted by Crippen LogP contribution is -2.17. The number of hydrazone groups is 1. The number of phenolic OH excluding ortho intramolecular Hbond substituents is 1. The molecule has 1 amide bonds. The van der Waals surface area contributed by atoms with E-state index in [9.17, 15) is 9.90 Å². The van der Waals surface area contributed by atoms with Gasteiger partial charge in [-0.25, -0.2) is 5.43 Å². The lowest BCUT2D eigenvalue weighted by Gasteiger charge is -2.03. The van der Waals surface area contributed by atoms with Crippen LogP contribution in [0.1, 0.15) is 21.7 Å². The second kappa shape index (κ2) is 5.98. The van der Waals surface area contributed by atoms with Crippen LogP contribution in [0.25, 0.3) is 0 Å². The Bertz CT molecular complexity index is 657. The first-order valence-electron chi connectivity index (χ1n) is 5.54. The third-order valence-electron chi connectivity index (χ3n) is 2.54. The summed E-state index contributed by atoms with van der Waals surface area (Å²) in [5.74, 6) is -0.0536. The molecule has 0 aliphatic rings. The van der Waals surface area contributed by atoms with Gasteiger partial charge >= 0.3 is 0 Å². The van der Waals surface area contributed by atoms with Crippen molar-refractivity contribution in [3.63, 3.8) is 0 Å². The minimum Gasteiger partial charge on any atom is -0.507 e. The summed E-state index contributed by atoms with van der Waals surface area (Å²) >= 11 is 11.6. The van der Waals surface area contributed by atoms with Crippen molar-refractivity contribution < 1.29 is 14.3 Å². The molecule has 5 nitrogen and oxygen atoms in total. The van der Waals surface area contributed by atoms with Crippen LogP contribution in [0.3, 0.4) is 0 Å². The number of carbonyl (C=O) groups is 1. The van der Waals surface area contributed by atoms with Crippen LogP contribution in [0.5, 0.6) is 5.75 Å². The second-order valence-electron chi connectivity index (χ2n) is 3.91. The van der Waals surface area contributed by atoms with Gasteiger partial charge in [0.05, 0.1) is 28.6 Å². The molecule has 7 heteroatoms. The minimum atomic E-state index is -0.419. The van der Waals surface area contributed by atoms with Crippen LogP contribution in [-0.4, -0.2) is 17.2 Å². The van der Waals surface area contributed by atoms with E-state index < -0.39 is 5.91 Å². The summed E-state index contributed by atoms with van der Waals surface area (Å²) in [6.45, 7) is 1.67. The highest BCUT2D eigenvalue weighted by atomic mass is 35.5. The van der Waals surface area contributed by atoms with Crippen molar-refractivity contribution in [2.24, 2.45) is 5.10 Å². The number of benzene rings is 1. The summed E-state index contributed by atoms with van der Waals surface area (Å²) in [7, 11) is 0. The molecule has 104 valence electrons. The zero-order valence-corrected chi connectivity index (χ0v) is 11.9. The van der Waals surface area contributed by atoms with Gasteiger partial charge in [-0.2, -0.15) is 5.10 Å². The Labute approximate surface area is 124 Å². The highest BCUT2D eigenvalue weighted by Gasteiger charge is 2.10. The summed E-state index contributed by atoms with van der Waals surface area (Å²) in [6.07, 6.45) is 2.65. The zero-order chi connectivity index (χ0) is 14.7. The molecule has 0 saturated carbocycles. The van der Waals surface area contributed by atoms with E-state index in [2.05, 4.69) is 10.5 Å². The van der Waals surface area contributed by atoms with E-state index >= 15 is 0 Å². The van der Waals surface area contributed by atoms with Gasteiger partial charge in [-0.1, -0.05) is 23.2 Å². The molecule has 1 heterocycles. The normalized spacial score (nSPS) is 10.9. The molecule has 0 atom stereocenters. The average Bonchev–Trinajstić information content (AvgIpc) is 2.78. The molecule has 20 heavy (non-hydrogen) atoms. The molecule has 0 spiro atoms. The third kappa shape index (κ3) is 3.12. The average molecular weight is 313 g/mol. The highest BCUT2D eigenvalue weighted by molar-refractivity contribution is 6.36. The molecule has 0 unspecified atom stereocenters. The van der Waals surface area contributed by atoms with Gasteiger partial charge in [-0.15, -0.1) is 0 Å². The number of amides is 1. The van der Waals surface area contributed by atoms with Crippen LogP contribution in [0, 0.1) is 6.92 Å². The van der Waals surface area contributed by atoms with Crippen molar-refractivity contribution in [2.75, 3.05) is 0 Å². The number of hydrogen-bond acceptors (Lipinski definition) is 4. The van der Waals surface area contributed by atoms with Crippen molar-refractivity contribution in [1.29, 1.82) is 0 Å². The van der Waals surface area contributed by atoms with E-state index in [1.165, 1.54) is 30.7 Å². The molecule has 0 radical (unpaired) electrons. The van der Waals surface area contributed by atoms with E-state index in [0.29, 0.717) is 16.3 Å². The minimum absolute atomic E-state index is 0.125. The SMILES string of the molecule is Cc1occc1C(=O)N/N=C\c1c(O)cc(Cl)cc1Cl. The molecule has 2 rings (SSSR count). The first-order chi connectivity index (χ1) is 9.49. The number of nitrogens with one attached hydrogen (secondary N) is 1. The maximum atomic E-state index is 11.7. The fraction of sp³-hybridized carbons (Fsp3) is 0.0769. The van der Waals surface area contributed by atoms with Crippen LogP contribution < -0.4 is 5.43 Å². The number of hydrogen-bond donors (Lipinski definition) is 2. The van der Waals surface area contributed by atoms with Crippen LogP contribution >= 0.6 is 23.2 Å². The van der Waals surface area contributed by atoms with Crippen LogP contribution in [0.15, 0.2) is 34.0 Å². The maximum Gasteiger partial charge on any atom is 0.274 e. The Morgan fingerprint density at radius 2 is 2.20 bits per heavy atom. The molecule has 1 aromatic carbocycles. The summed E-state index contributed by atoms with van der Waals surface area (Å²) < 4.78 is 5.01. The molecule has 1 aromatic heterocycles. The summed E-state index contributed by atoms with van der Waals surface area (Å²) in [6, 6.07) is 4.33. The van der Waals surface area contributed by atoms with Crippen LogP contribution in [0.2, 0.25) is 10.0 Å². The number of aromatic hydroxyl groups is 1. The van der Waals surface area contributed by atoms with Crippen LogP contribution in [-0.2, 0) is 0 Å². The van der Waals surface area contributed by atoms with E-state index in [0.717, 1.165) is 0 Å². The second-order valence-corrected chi connectivity index (χ2v) is 4.75. The van der Waals surface area contributed by atoms with E-state index in [4.69, 9.17) is 27.6 Å². The molecule has 0 aliphatic heterocycles. The lowest BCUT2D eigenvalue weighted by atomic mass is 10.2. The predicted molar refractivity (Wildman–Crippen MR) is 76.6 cm³/mol. The Kier molecular flexibility index (Phi) is 4.32. The fourth-order valence-corrected chi connectivity index (χ4v) is 2.07. The highest BCUT2D eigenvalue weighted by Crippen LogP contribution is 2.28. The van der Waals surface area contributed by atoms with Gasteiger partial charge in [0.1, 0.15) is 11.5 Å². The number of furan rings is 1. The number of phenols is 1. The van der Waals surface area contributed by atoms with E-state index in [1.807, 2.05) is 0 Å². The Morgan fingerprint density at radius 3 is 2.80 bits per heavy atom. The zero-order valence-electron chi connectivity index (χ0n) is 10.4. The van der Waals surface area contributed by atoms with E-state index in [1.54, 1.807) is 6.92 Å². The van der Waals surface area contributed by atoms with Gasteiger partial charge in [0.15, 0.2) is 0 Å². The van der Waals surface area contributed by atoms with Gasteiger partial charge in [0.25, 0.3) is 5.91 Å². The first kappa shape index (κ1) is 14.4. The number of nitrogens with zero attached hydrogens (tertiary/aromatic N) is 1. The number of rotatable bonds is 3. The number of carbonyl (C=O) groups excluding carboxylic acids is 1.